The Morgan fingerprint density at radius 2 is 2.11 bits per heavy atom. The maximum atomic E-state index is 12.3. The van der Waals surface area contributed by atoms with Gasteiger partial charge in [0.25, 0.3) is 0 Å². The summed E-state index contributed by atoms with van der Waals surface area (Å²) in [7, 11) is 1.31. The Hall–Kier alpha value is -2.65. The molecule has 0 radical (unpaired) electrons. The molecule has 0 aliphatic rings. The monoisotopic (exact) mass is 416 g/mol. The third-order valence-corrected chi connectivity index (χ3v) is 5.76. The lowest BCUT2D eigenvalue weighted by molar-refractivity contribution is -0.113. The molecule has 0 unspecified atom stereocenters. The van der Waals surface area contributed by atoms with Crippen molar-refractivity contribution in [2.45, 2.75) is 25.5 Å². The molecule has 1 amide bonds. The van der Waals surface area contributed by atoms with Gasteiger partial charge in [-0.05, 0) is 31.4 Å². The van der Waals surface area contributed by atoms with Crippen molar-refractivity contribution in [1.29, 1.82) is 0 Å². The van der Waals surface area contributed by atoms with Crippen LogP contribution in [0.5, 0.6) is 0 Å². The van der Waals surface area contributed by atoms with Crippen LogP contribution in [0, 0.1) is 6.92 Å². The third kappa shape index (κ3) is 4.42. The maximum absolute atomic E-state index is 12.3. The van der Waals surface area contributed by atoms with E-state index in [1.165, 1.54) is 30.2 Å². The van der Waals surface area contributed by atoms with Crippen LogP contribution in [0.2, 0.25) is 0 Å². The molecular formula is C19H20N4O3S2. The predicted molar refractivity (Wildman–Crippen MR) is 111 cm³/mol. The normalized spacial score (nSPS) is 10.7. The minimum Gasteiger partial charge on any atom is -0.465 e. The van der Waals surface area contributed by atoms with Gasteiger partial charge >= 0.3 is 5.97 Å². The van der Waals surface area contributed by atoms with Crippen molar-refractivity contribution in [2.75, 3.05) is 18.2 Å². The summed E-state index contributed by atoms with van der Waals surface area (Å²) in [6.07, 6.45) is 0. The molecule has 1 aromatic carbocycles. The number of methoxy groups -OCH3 is 1. The number of rotatable bonds is 7. The Kier molecular flexibility index (Phi) is 6.48. The number of esters is 1. The van der Waals surface area contributed by atoms with Gasteiger partial charge in [-0.3, -0.25) is 4.79 Å². The van der Waals surface area contributed by atoms with Crippen LogP contribution in [0.4, 0.5) is 5.00 Å². The molecule has 0 aliphatic heterocycles. The summed E-state index contributed by atoms with van der Waals surface area (Å²) in [6, 6.07) is 9.70. The van der Waals surface area contributed by atoms with Crippen molar-refractivity contribution in [3.63, 3.8) is 0 Å². The van der Waals surface area contributed by atoms with E-state index in [0.717, 1.165) is 17.0 Å². The summed E-state index contributed by atoms with van der Waals surface area (Å²) >= 11 is 2.59. The molecule has 0 atom stereocenters. The summed E-state index contributed by atoms with van der Waals surface area (Å²) in [5, 5.41) is 14.2. The molecule has 0 spiro atoms. The average molecular weight is 417 g/mol. The second-order valence-electron chi connectivity index (χ2n) is 5.91. The number of amides is 1. The van der Waals surface area contributed by atoms with Crippen LogP contribution in [0.3, 0.4) is 0 Å². The van der Waals surface area contributed by atoms with E-state index in [-0.39, 0.29) is 11.7 Å². The van der Waals surface area contributed by atoms with Crippen LogP contribution >= 0.6 is 23.1 Å². The SMILES string of the molecule is CCn1c(SCC(=O)Nc2sccc2C(=O)OC)nnc1-c1cccc(C)c1. The van der Waals surface area contributed by atoms with E-state index >= 15 is 0 Å². The zero-order valence-corrected chi connectivity index (χ0v) is 17.4. The minimum absolute atomic E-state index is 0.157. The number of aryl methyl sites for hydroxylation is 1. The molecule has 0 fully saturated rings. The number of nitrogens with one attached hydrogen (secondary N) is 1. The number of hydrogen-bond acceptors (Lipinski definition) is 7. The number of carbonyl (C=O) groups is 2. The molecule has 3 rings (SSSR count). The Labute approximate surface area is 171 Å². The van der Waals surface area contributed by atoms with Gasteiger partial charge in [0, 0.05) is 12.1 Å². The minimum atomic E-state index is -0.474. The number of thioether (sulfide) groups is 1. The third-order valence-electron chi connectivity index (χ3n) is 3.97. The van der Waals surface area contributed by atoms with Gasteiger partial charge < -0.3 is 14.6 Å². The van der Waals surface area contributed by atoms with E-state index in [9.17, 15) is 9.59 Å². The van der Waals surface area contributed by atoms with Crippen molar-refractivity contribution in [2.24, 2.45) is 0 Å². The van der Waals surface area contributed by atoms with Gasteiger partial charge in [-0.15, -0.1) is 21.5 Å². The quantitative estimate of drug-likeness (QED) is 0.465. The van der Waals surface area contributed by atoms with Crippen molar-refractivity contribution < 1.29 is 14.3 Å². The van der Waals surface area contributed by atoms with Gasteiger partial charge in [0.2, 0.25) is 5.91 Å². The summed E-state index contributed by atoms with van der Waals surface area (Å²) < 4.78 is 6.70. The van der Waals surface area contributed by atoms with Gasteiger partial charge in [-0.1, -0.05) is 35.5 Å². The van der Waals surface area contributed by atoms with Crippen molar-refractivity contribution in [3.05, 3.63) is 46.8 Å². The number of thiophene rings is 1. The Bertz CT molecular complexity index is 997. The van der Waals surface area contributed by atoms with Crippen LogP contribution in [0.1, 0.15) is 22.8 Å². The first-order valence-electron chi connectivity index (χ1n) is 8.62. The number of hydrogen-bond donors (Lipinski definition) is 1. The molecule has 0 saturated carbocycles. The Morgan fingerprint density at radius 3 is 2.82 bits per heavy atom. The fourth-order valence-electron chi connectivity index (χ4n) is 2.65. The molecule has 146 valence electrons. The number of anilines is 1. The highest BCUT2D eigenvalue weighted by molar-refractivity contribution is 7.99. The van der Waals surface area contributed by atoms with Gasteiger partial charge in [0.05, 0.1) is 18.4 Å². The second-order valence-corrected chi connectivity index (χ2v) is 7.77. The first-order chi connectivity index (χ1) is 13.5. The van der Waals surface area contributed by atoms with Crippen LogP contribution in [0.15, 0.2) is 40.9 Å². The van der Waals surface area contributed by atoms with E-state index in [4.69, 9.17) is 4.74 Å². The van der Waals surface area contributed by atoms with Gasteiger partial charge in [0.15, 0.2) is 11.0 Å². The molecule has 28 heavy (non-hydrogen) atoms. The number of nitrogens with zero attached hydrogens (tertiary/aromatic N) is 3. The van der Waals surface area contributed by atoms with E-state index < -0.39 is 5.97 Å². The first-order valence-corrected chi connectivity index (χ1v) is 10.5. The predicted octanol–water partition coefficient (Wildman–Crippen LogP) is 3.85. The summed E-state index contributed by atoms with van der Waals surface area (Å²) in [5.41, 5.74) is 2.49. The van der Waals surface area contributed by atoms with Crippen molar-refractivity contribution in [3.8, 4) is 11.4 Å². The van der Waals surface area contributed by atoms with E-state index in [0.29, 0.717) is 22.3 Å². The van der Waals surface area contributed by atoms with Gasteiger partial charge in [-0.2, -0.15) is 0 Å². The molecule has 3 aromatic rings. The maximum Gasteiger partial charge on any atom is 0.340 e. The molecule has 2 heterocycles. The van der Waals surface area contributed by atoms with Crippen molar-refractivity contribution in [1.82, 2.24) is 14.8 Å². The lowest BCUT2D eigenvalue weighted by Gasteiger charge is -2.08. The standard InChI is InChI=1S/C19H20N4O3S2/c1-4-23-16(13-7-5-6-12(2)10-13)21-22-19(23)28-11-15(24)20-17-14(8-9-27-17)18(25)26-3/h5-10H,4,11H2,1-3H3,(H,20,24). The molecule has 9 heteroatoms. The van der Waals surface area contributed by atoms with E-state index in [1.807, 2.05) is 36.6 Å². The van der Waals surface area contributed by atoms with Gasteiger partial charge in [-0.25, -0.2) is 4.79 Å². The summed E-state index contributed by atoms with van der Waals surface area (Å²) in [6.45, 7) is 4.74. The number of aromatic nitrogens is 3. The molecule has 7 nitrogen and oxygen atoms in total. The zero-order valence-electron chi connectivity index (χ0n) is 15.8. The molecule has 0 saturated heterocycles. The van der Waals surface area contributed by atoms with Crippen LogP contribution in [-0.2, 0) is 16.1 Å². The Morgan fingerprint density at radius 1 is 1.29 bits per heavy atom. The summed E-state index contributed by atoms with van der Waals surface area (Å²) in [4.78, 5) is 24.0. The zero-order chi connectivity index (χ0) is 20.1. The topological polar surface area (TPSA) is 86.1 Å². The van der Waals surface area contributed by atoms with Crippen molar-refractivity contribution >= 4 is 40.0 Å². The molecule has 2 aromatic heterocycles. The van der Waals surface area contributed by atoms with Crippen LogP contribution < -0.4 is 5.32 Å². The number of benzene rings is 1. The molecule has 1 N–H and O–H groups in total. The fourth-order valence-corrected chi connectivity index (χ4v) is 4.24. The molecule has 0 bridgehead atoms. The van der Waals surface area contributed by atoms with Crippen LogP contribution in [-0.4, -0.2) is 39.5 Å². The van der Waals surface area contributed by atoms with E-state index in [2.05, 4.69) is 21.6 Å². The molecule has 0 aliphatic carbocycles. The second kappa shape index (κ2) is 9.03. The molecular weight excluding hydrogens is 396 g/mol. The highest BCUT2D eigenvalue weighted by Crippen LogP contribution is 2.26. The fraction of sp³-hybridized carbons (Fsp3) is 0.263. The Balaban J connectivity index is 1.69. The number of ether oxygens (including phenoxy) is 1. The highest BCUT2D eigenvalue weighted by Gasteiger charge is 2.17. The first kappa shape index (κ1) is 20.1. The lowest BCUT2D eigenvalue weighted by atomic mass is 10.1. The average Bonchev–Trinajstić information content (AvgIpc) is 3.32. The smallest absolute Gasteiger partial charge is 0.340 e. The highest BCUT2D eigenvalue weighted by atomic mass is 32.2. The summed E-state index contributed by atoms with van der Waals surface area (Å²) in [5.74, 6) is 0.239. The number of carbonyl (C=O) groups excluding carboxylic acids is 2. The van der Waals surface area contributed by atoms with Crippen LogP contribution in [0.25, 0.3) is 11.4 Å². The van der Waals surface area contributed by atoms with Gasteiger partial charge in [0.1, 0.15) is 5.00 Å². The largest absolute Gasteiger partial charge is 0.465 e. The van der Waals surface area contributed by atoms with E-state index in [1.54, 1.807) is 11.4 Å². The lowest BCUT2D eigenvalue weighted by Crippen LogP contribution is -2.16.